The Morgan fingerprint density at radius 2 is 1.86 bits per heavy atom. The molecule has 1 aromatic heterocycles. The van der Waals surface area contributed by atoms with Gasteiger partial charge in [0.05, 0.1) is 23.4 Å². The first kappa shape index (κ1) is 18.5. The highest BCUT2D eigenvalue weighted by atomic mass is 32.2. The van der Waals surface area contributed by atoms with Gasteiger partial charge >= 0.3 is 0 Å². The third kappa shape index (κ3) is 3.74. The summed E-state index contributed by atoms with van der Waals surface area (Å²) in [5, 5.41) is 6.50. The Balaban J connectivity index is 1.43. The van der Waals surface area contributed by atoms with Gasteiger partial charge in [0, 0.05) is 12.2 Å². The average Bonchev–Trinajstić information content (AvgIpc) is 3.37. The molecule has 0 fully saturated rings. The Labute approximate surface area is 169 Å². The fourth-order valence-electron chi connectivity index (χ4n) is 3.15. The van der Waals surface area contributed by atoms with Gasteiger partial charge in [-0.25, -0.2) is 8.42 Å². The minimum atomic E-state index is -3.59. The number of nitrogens with one attached hydrogen (secondary N) is 2. The molecule has 6 nitrogen and oxygen atoms in total. The summed E-state index contributed by atoms with van der Waals surface area (Å²) in [6.07, 6.45) is 2.33. The molecule has 0 aliphatic carbocycles. The Bertz CT molecular complexity index is 1080. The molecule has 1 aliphatic rings. The number of hydrogen-bond acceptors (Lipinski definition) is 4. The summed E-state index contributed by atoms with van der Waals surface area (Å²) in [5.41, 5.74) is 2.52. The van der Waals surface area contributed by atoms with Crippen molar-refractivity contribution in [3.8, 4) is 0 Å². The molecular formula is C20H19N3O3S2. The monoisotopic (exact) mass is 413 g/mol. The number of thiocarbonyl (C=S) groups is 1. The first-order chi connectivity index (χ1) is 13.5. The van der Waals surface area contributed by atoms with E-state index in [4.69, 9.17) is 16.6 Å². The molecule has 0 spiro atoms. The molecule has 3 aromatic rings. The average molecular weight is 414 g/mol. The van der Waals surface area contributed by atoms with Crippen LogP contribution in [-0.2, 0) is 23.0 Å². The molecule has 8 heteroatoms. The maximum atomic E-state index is 13.0. The predicted molar refractivity (Wildman–Crippen MR) is 113 cm³/mol. The molecule has 1 aliphatic heterocycles. The molecule has 0 bridgehead atoms. The van der Waals surface area contributed by atoms with Crippen LogP contribution in [0.25, 0.3) is 0 Å². The van der Waals surface area contributed by atoms with Crippen molar-refractivity contribution < 1.29 is 12.8 Å². The number of hydrogen-bond donors (Lipinski definition) is 2. The third-order valence-corrected chi connectivity index (χ3v) is 6.62. The second kappa shape index (κ2) is 7.65. The lowest BCUT2D eigenvalue weighted by Crippen LogP contribution is -2.29. The van der Waals surface area contributed by atoms with Gasteiger partial charge in [0.15, 0.2) is 5.11 Å². The molecule has 0 radical (unpaired) electrons. The van der Waals surface area contributed by atoms with Crippen molar-refractivity contribution in [1.29, 1.82) is 0 Å². The summed E-state index contributed by atoms with van der Waals surface area (Å²) >= 11 is 5.26. The minimum Gasteiger partial charge on any atom is -0.467 e. The first-order valence-corrected chi connectivity index (χ1v) is 10.7. The lowest BCUT2D eigenvalue weighted by Gasteiger charge is -2.19. The second-order valence-corrected chi connectivity index (χ2v) is 8.64. The summed E-state index contributed by atoms with van der Waals surface area (Å²) in [6.45, 7) is 0.933. The maximum absolute atomic E-state index is 13.0. The number of rotatable bonds is 5. The summed E-state index contributed by atoms with van der Waals surface area (Å²) < 4.78 is 32.8. The van der Waals surface area contributed by atoms with Crippen molar-refractivity contribution in [2.45, 2.75) is 17.9 Å². The smallest absolute Gasteiger partial charge is 0.264 e. The molecule has 0 atom stereocenters. The zero-order chi connectivity index (χ0) is 19.6. The van der Waals surface area contributed by atoms with Crippen molar-refractivity contribution in [3.63, 3.8) is 0 Å². The van der Waals surface area contributed by atoms with E-state index >= 15 is 0 Å². The number of furan rings is 1. The van der Waals surface area contributed by atoms with Gasteiger partial charge in [-0.2, -0.15) is 0 Å². The zero-order valence-corrected chi connectivity index (χ0v) is 16.6. The Morgan fingerprint density at radius 1 is 1.07 bits per heavy atom. The molecule has 2 N–H and O–H groups in total. The van der Waals surface area contributed by atoms with Gasteiger partial charge in [-0.1, -0.05) is 18.2 Å². The van der Waals surface area contributed by atoms with Gasteiger partial charge in [0.25, 0.3) is 10.0 Å². The number of nitrogens with zero attached hydrogens (tertiary/aromatic N) is 1. The molecule has 144 valence electrons. The van der Waals surface area contributed by atoms with Crippen molar-refractivity contribution in [1.82, 2.24) is 5.32 Å². The van der Waals surface area contributed by atoms with Crippen LogP contribution in [0, 0.1) is 0 Å². The number of fused-ring (bicyclic) bond motifs is 1. The van der Waals surface area contributed by atoms with E-state index in [-0.39, 0.29) is 4.90 Å². The highest BCUT2D eigenvalue weighted by Crippen LogP contribution is 2.32. The molecule has 2 heterocycles. The molecule has 2 aromatic carbocycles. The summed E-state index contributed by atoms with van der Waals surface area (Å²) in [6, 6.07) is 17.9. The van der Waals surface area contributed by atoms with E-state index in [2.05, 4.69) is 10.6 Å². The van der Waals surface area contributed by atoms with Crippen LogP contribution in [0.1, 0.15) is 11.3 Å². The summed E-state index contributed by atoms with van der Waals surface area (Å²) in [5.74, 6) is 0.775. The molecule has 0 unspecified atom stereocenters. The van der Waals surface area contributed by atoms with Crippen LogP contribution in [0.15, 0.2) is 76.2 Å². The standard InChI is InChI=1S/C20H19N3O3S2/c24-28(25,23-12-11-15-4-1-2-6-19(15)23)18-9-7-16(8-10-18)22-20(27)21-14-17-5-3-13-26-17/h1-10,13H,11-12,14H2,(H2,21,22,27). The third-order valence-electron chi connectivity index (χ3n) is 4.55. The van der Waals surface area contributed by atoms with E-state index in [1.165, 1.54) is 4.31 Å². The predicted octanol–water partition coefficient (Wildman–Crippen LogP) is 3.52. The quantitative estimate of drug-likeness (QED) is 0.624. The van der Waals surface area contributed by atoms with Crippen molar-refractivity contribution in [2.75, 3.05) is 16.2 Å². The number of anilines is 2. The van der Waals surface area contributed by atoms with E-state index in [1.807, 2.05) is 36.4 Å². The lowest BCUT2D eigenvalue weighted by molar-refractivity contribution is 0.503. The van der Waals surface area contributed by atoms with Crippen LogP contribution >= 0.6 is 12.2 Å². The molecule has 28 heavy (non-hydrogen) atoms. The van der Waals surface area contributed by atoms with Gasteiger partial charge in [0.1, 0.15) is 5.76 Å². The van der Waals surface area contributed by atoms with Crippen molar-refractivity contribution in [3.05, 3.63) is 78.3 Å². The van der Waals surface area contributed by atoms with Gasteiger partial charge < -0.3 is 15.1 Å². The van der Waals surface area contributed by atoms with Crippen LogP contribution in [-0.4, -0.2) is 20.1 Å². The van der Waals surface area contributed by atoms with Gasteiger partial charge in [0.2, 0.25) is 0 Å². The van der Waals surface area contributed by atoms with Crippen LogP contribution in [0.3, 0.4) is 0 Å². The van der Waals surface area contributed by atoms with Crippen LogP contribution in [0.4, 0.5) is 11.4 Å². The molecular weight excluding hydrogens is 394 g/mol. The molecule has 0 amide bonds. The highest BCUT2D eigenvalue weighted by Gasteiger charge is 2.30. The fraction of sp³-hybridized carbons (Fsp3) is 0.150. The Morgan fingerprint density at radius 3 is 2.61 bits per heavy atom. The van der Waals surface area contributed by atoms with Crippen molar-refractivity contribution >= 4 is 38.7 Å². The minimum absolute atomic E-state index is 0.254. The topological polar surface area (TPSA) is 74.6 Å². The molecule has 4 rings (SSSR count). The van der Waals surface area contributed by atoms with E-state index in [1.54, 1.807) is 30.5 Å². The van der Waals surface area contributed by atoms with Gasteiger partial charge in [-0.05, 0) is 66.7 Å². The first-order valence-electron chi connectivity index (χ1n) is 8.82. The molecule has 0 saturated carbocycles. The Kier molecular flexibility index (Phi) is 5.06. The Hall–Kier alpha value is -2.84. The van der Waals surface area contributed by atoms with E-state index in [0.29, 0.717) is 23.9 Å². The zero-order valence-electron chi connectivity index (χ0n) is 15.0. The van der Waals surface area contributed by atoms with E-state index in [9.17, 15) is 8.42 Å². The number of para-hydroxylation sites is 1. The van der Waals surface area contributed by atoms with Gasteiger partial charge in [-0.3, -0.25) is 4.31 Å². The lowest BCUT2D eigenvalue weighted by atomic mass is 10.2. The van der Waals surface area contributed by atoms with Crippen LogP contribution in [0.2, 0.25) is 0 Å². The van der Waals surface area contributed by atoms with E-state index in [0.717, 1.165) is 23.4 Å². The molecule has 0 saturated heterocycles. The number of benzene rings is 2. The summed E-state index contributed by atoms with van der Waals surface area (Å²) in [4.78, 5) is 0.254. The van der Waals surface area contributed by atoms with E-state index < -0.39 is 10.0 Å². The summed E-state index contributed by atoms with van der Waals surface area (Å²) in [7, 11) is -3.59. The SMILES string of the molecule is O=S(=O)(c1ccc(NC(=S)NCc2ccco2)cc1)N1CCc2ccccc21. The normalized spacial score (nSPS) is 13.2. The fourth-order valence-corrected chi connectivity index (χ4v) is 4.84. The van der Waals surface area contributed by atoms with Crippen molar-refractivity contribution in [2.24, 2.45) is 0 Å². The van der Waals surface area contributed by atoms with Crippen LogP contribution in [0.5, 0.6) is 0 Å². The van der Waals surface area contributed by atoms with Gasteiger partial charge in [-0.15, -0.1) is 0 Å². The largest absolute Gasteiger partial charge is 0.467 e. The maximum Gasteiger partial charge on any atom is 0.264 e. The van der Waals surface area contributed by atoms with Crippen LogP contribution < -0.4 is 14.9 Å². The highest BCUT2D eigenvalue weighted by molar-refractivity contribution is 7.92. The number of sulfonamides is 1. The second-order valence-electron chi connectivity index (χ2n) is 6.37.